The van der Waals surface area contributed by atoms with Crippen LogP contribution in [0.3, 0.4) is 0 Å². The minimum absolute atomic E-state index is 0.0660. The molecule has 0 aliphatic carbocycles. The number of aryl methyl sites for hydroxylation is 2. The number of sulfonamides is 1. The van der Waals surface area contributed by atoms with Crippen molar-refractivity contribution in [2.45, 2.75) is 28.8 Å². The second-order valence-electron chi connectivity index (χ2n) is 8.27. The van der Waals surface area contributed by atoms with Gasteiger partial charge in [0.15, 0.2) is 5.16 Å². The highest BCUT2D eigenvalue weighted by Crippen LogP contribution is 2.33. The molecule has 39 heavy (non-hydrogen) atoms. The summed E-state index contributed by atoms with van der Waals surface area (Å²) in [5, 5.41) is 15.8. The largest absolute Gasteiger partial charge is 0.283 e. The van der Waals surface area contributed by atoms with Gasteiger partial charge in [0.1, 0.15) is 0 Å². The Bertz CT molecular complexity index is 1680. The van der Waals surface area contributed by atoms with Crippen molar-refractivity contribution in [3.63, 3.8) is 0 Å². The van der Waals surface area contributed by atoms with Crippen LogP contribution in [-0.2, 0) is 10.0 Å². The summed E-state index contributed by atoms with van der Waals surface area (Å²) < 4.78 is 28.4. The lowest BCUT2D eigenvalue weighted by molar-refractivity contribution is -0.387. The van der Waals surface area contributed by atoms with Gasteiger partial charge >= 0.3 is 0 Å². The van der Waals surface area contributed by atoms with Crippen LogP contribution in [0.25, 0.3) is 0 Å². The average molecular weight is 563 g/mol. The maximum Gasteiger partial charge on any atom is 0.283 e. The normalized spacial score (nSPS) is 11.3. The predicted octanol–water partition coefficient (Wildman–Crippen LogP) is 4.72. The molecule has 0 atom stereocenters. The van der Waals surface area contributed by atoms with Crippen molar-refractivity contribution in [2.24, 2.45) is 5.10 Å². The fraction of sp³-hybridized carbons (Fsp3) is 0.0769. The van der Waals surface area contributed by atoms with Crippen LogP contribution in [0.5, 0.6) is 0 Å². The molecule has 0 saturated carbocycles. The Kier molecular flexibility index (Phi) is 8.32. The molecule has 13 heteroatoms. The number of nitrogens with one attached hydrogen (secondary N) is 2. The number of nitro benzene ring substituents is 1. The van der Waals surface area contributed by atoms with E-state index in [-0.39, 0.29) is 16.1 Å². The van der Waals surface area contributed by atoms with Crippen LogP contribution in [0.4, 0.5) is 11.4 Å². The van der Waals surface area contributed by atoms with Crippen molar-refractivity contribution in [3.05, 3.63) is 111 Å². The average Bonchev–Trinajstić information content (AvgIpc) is 2.91. The number of hydrogen-bond acceptors (Lipinski definition) is 9. The Morgan fingerprint density at radius 2 is 1.79 bits per heavy atom. The van der Waals surface area contributed by atoms with E-state index in [1.165, 1.54) is 48.9 Å². The standard InChI is InChI=1S/C26H22N6O5S2/c1-17-7-9-22(18(2)13-17)31-39(36,37)21-6-3-5-20(15-21)25(33)30-29-16-19-8-10-24(23(14-19)32(34)35)38-26-27-11-4-12-28-26/h3-16,31H,1-2H3,(H,30,33)/b29-16-. The van der Waals surface area contributed by atoms with E-state index in [2.05, 4.69) is 25.2 Å². The van der Waals surface area contributed by atoms with Gasteiger partial charge < -0.3 is 0 Å². The lowest BCUT2D eigenvalue weighted by atomic mass is 10.1. The quantitative estimate of drug-likeness (QED) is 0.128. The van der Waals surface area contributed by atoms with Gasteiger partial charge in [0, 0.05) is 29.6 Å². The first kappa shape index (κ1) is 27.4. The van der Waals surface area contributed by atoms with Gasteiger partial charge in [-0.05, 0) is 67.6 Å². The molecule has 198 valence electrons. The van der Waals surface area contributed by atoms with Crippen LogP contribution < -0.4 is 10.1 Å². The van der Waals surface area contributed by atoms with Gasteiger partial charge in [-0.3, -0.25) is 19.6 Å². The number of benzene rings is 3. The van der Waals surface area contributed by atoms with E-state index in [0.29, 0.717) is 21.3 Å². The van der Waals surface area contributed by atoms with Crippen LogP contribution in [0.15, 0.2) is 99.2 Å². The van der Waals surface area contributed by atoms with Crippen LogP contribution in [-0.4, -0.2) is 35.4 Å². The van der Waals surface area contributed by atoms with Crippen molar-refractivity contribution in [1.82, 2.24) is 15.4 Å². The fourth-order valence-corrected chi connectivity index (χ4v) is 5.42. The summed E-state index contributed by atoms with van der Waals surface area (Å²) in [7, 11) is -3.95. The first-order chi connectivity index (χ1) is 18.6. The number of aromatic nitrogens is 2. The highest BCUT2D eigenvalue weighted by Gasteiger charge is 2.18. The molecule has 0 aliphatic heterocycles. The summed E-state index contributed by atoms with van der Waals surface area (Å²) in [5.41, 5.74) is 4.79. The lowest BCUT2D eigenvalue weighted by Crippen LogP contribution is -2.19. The number of carbonyl (C=O) groups is 1. The van der Waals surface area contributed by atoms with E-state index in [9.17, 15) is 23.3 Å². The number of hydrazone groups is 1. The number of amides is 1. The van der Waals surface area contributed by atoms with E-state index >= 15 is 0 Å². The molecule has 0 bridgehead atoms. The first-order valence-corrected chi connectivity index (χ1v) is 13.7. The number of nitrogens with zero attached hydrogens (tertiary/aromatic N) is 4. The zero-order chi connectivity index (χ0) is 28.0. The number of rotatable bonds is 9. The molecule has 1 heterocycles. The Morgan fingerprint density at radius 1 is 1.03 bits per heavy atom. The van der Waals surface area contributed by atoms with Crippen molar-refractivity contribution < 1.29 is 18.1 Å². The van der Waals surface area contributed by atoms with Gasteiger partial charge in [-0.25, -0.2) is 23.8 Å². The zero-order valence-corrected chi connectivity index (χ0v) is 22.4. The van der Waals surface area contributed by atoms with Crippen molar-refractivity contribution in [3.8, 4) is 0 Å². The lowest BCUT2D eigenvalue weighted by Gasteiger charge is -2.12. The molecule has 0 fully saturated rings. The maximum absolute atomic E-state index is 12.9. The molecule has 0 saturated heterocycles. The Labute approximate surface area is 228 Å². The summed E-state index contributed by atoms with van der Waals surface area (Å²) in [6.45, 7) is 3.71. The summed E-state index contributed by atoms with van der Waals surface area (Å²) in [4.78, 5) is 32.0. The zero-order valence-electron chi connectivity index (χ0n) is 20.7. The number of carbonyl (C=O) groups excluding carboxylic acids is 1. The molecule has 0 spiro atoms. The molecular weight excluding hydrogens is 540 g/mol. The first-order valence-electron chi connectivity index (χ1n) is 11.4. The van der Waals surface area contributed by atoms with Crippen LogP contribution in [0.1, 0.15) is 27.0 Å². The maximum atomic E-state index is 12.9. The monoisotopic (exact) mass is 562 g/mol. The molecule has 4 rings (SSSR count). The van der Waals surface area contributed by atoms with Crippen LogP contribution in [0.2, 0.25) is 0 Å². The van der Waals surface area contributed by atoms with Crippen molar-refractivity contribution in [1.29, 1.82) is 0 Å². The molecular formula is C26H22N6O5S2. The van der Waals surface area contributed by atoms with E-state index < -0.39 is 20.9 Å². The van der Waals surface area contributed by atoms with Crippen LogP contribution in [0, 0.1) is 24.0 Å². The Morgan fingerprint density at radius 3 is 2.51 bits per heavy atom. The van der Waals surface area contributed by atoms with Gasteiger partial charge in [0.2, 0.25) is 0 Å². The van der Waals surface area contributed by atoms with Gasteiger partial charge in [-0.1, -0.05) is 29.8 Å². The molecule has 1 amide bonds. The third kappa shape index (κ3) is 7.03. The third-order valence-corrected chi connectivity index (χ3v) is 7.66. The molecule has 2 N–H and O–H groups in total. The second-order valence-corrected chi connectivity index (χ2v) is 11.0. The minimum atomic E-state index is -3.95. The number of hydrogen-bond donors (Lipinski definition) is 2. The molecule has 3 aromatic carbocycles. The summed E-state index contributed by atoms with van der Waals surface area (Å²) in [6.07, 6.45) is 4.33. The van der Waals surface area contributed by atoms with Gasteiger partial charge in [0.05, 0.1) is 26.6 Å². The third-order valence-electron chi connectivity index (χ3n) is 5.34. The summed E-state index contributed by atoms with van der Waals surface area (Å²) in [5.74, 6) is -0.655. The molecule has 11 nitrogen and oxygen atoms in total. The van der Waals surface area contributed by atoms with E-state index in [1.807, 2.05) is 13.0 Å². The van der Waals surface area contributed by atoms with E-state index in [0.717, 1.165) is 22.9 Å². The molecule has 0 aliphatic rings. The highest BCUT2D eigenvalue weighted by molar-refractivity contribution is 7.99. The summed E-state index contributed by atoms with van der Waals surface area (Å²) >= 11 is 1.05. The SMILES string of the molecule is Cc1ccc(NS(=O)(=O)c2cccc(C(=O)N/N=C\c3ccc(Sc4ncccn4)c([N+](=O)[O-])c3)c2)c(C)c1. The fourth-order valence-electron chi connectivity index (χ4n) is 3.45. The summed E-state index contributed by atoms with van der Waals surface area (Å²) in [6, 6.07) is 16.9. The molecule has 0 unspecified atom stereocenters. The van der Waals surface area contributed by atoms with Gasteiger partial charge in [-0.2, -0.15) is 5.10 Å². The Hall–Kier alpha value is -4.62. The smallest absolute Gasteiger partial charge is 0.279 e. The number of anilines is 1. The van der Waals surface area contributed by atoms with Gasteiger partial charge in [0.25, 0.3) is 21.6 Å². The van der Waals surface area contributed by atoms with Crippen molar-refractivity contribution >= 4 is 45.3 Å². The van der Waals surface area contributed by atoms with Crippen LogP contribution >= 0.6 is 11.8 Å². The van der Waals surface area contributed by atoms with E-state index in [1.54, 1.807) is 37.3 Å². The topological polar surface area (TPSA) is 157 Å². The van der Waals surface area contributed by atoms with Crippen molar-refractivity contribution in [2.75, 3.05) is 4.72 Å². The van der Waals surface area contributed by atoms with E-state index in [4.69, 9.17) is 0 Å². The molecule has 1 aromatic heterocycles. The minimum Gasteiger partial charge on any atom is -0.279 e. The molecule has 4 aromatic rings. The second kappa shape index (κ2) is 11.8. The Balaban J connectivity index is 1.46. The highest BCUT2D eigenvalue weighted by atomic mass is 32.2. The van der Waals surface area contributed by atoms with Gasteiger partial charge in [-0.15, -0.1) is 0 Å². The molecule has 0 radical (unpaired) electrons. The predicted molar refractivity (Wildman–Crippen MR) is 147 cm³/mol. The number of nitro groups is 1.